The smallest absolute Gasteiger partial charge is 0.308 e. The standard InChI is InChI=1S/C17H16N2O5S/c20-16-10-12(17(21)22)11-19(16)14-6-8-15(9-7-14)25(23,24)18-13-4-2-1-3-5-13/h1-9,12,18H,10-11H2,(H,21,22)/t12-/m0/s1. The van der Waals surface area contributed by atoms with E-state index in [0.717, 1.165) is 0 Å². The number of carboxylic acids is 1. The summed E-state index contributed by atoms with van der Waals surface area (Å²) in [7, 11) is -3.74. The van der Waals surface area contributed by atoms with Gasteiger partial charge in [-0.25, -0.2) is 8.42 Å². The van der Waals surface area contributed by atoms with Gasteiger partial charge in [-0.3, -0.25) is 14.3 Å². The van der Waals surface area contributed by atoms with Gasteiger partial charge in [0.1, 0.15) is 0 Å². The van der Waals surface area contributed by atoms with Crippen molar-refractivity contribution < 1.29 is 23.1 Å². The third-order valence-electron chi connectivity index (χ3n) is 3.96. The molecule has 7 nitrogen and oxygen atoms in total. The molecule has 1 fully saturated rings. The van der Waals surface area contributed by atoms with Gasteiger partial charge in [-0.2, -0.15) is 0 Å². The number of hydrogen-bond acceptors (Lipinski definition) is 4. The quantitative estimate of drug-likeness (QED) is 0.848. The van der Waals surface area contributed by atoms with E-state index >= 15 is 0 Å². The zero-order chi connectivity index (χ0) is 18.0. The molecule has 0 aromatic heterocycles. The summed E-state index contributed by atoms with van der Waals surface area (Å²) < 4.78 is 27.2. The fourth-order valence-corrected chi connectivity index (χ4v) is 3.71. The van der Waals surface area contributed by atoms with Crippen LogP contribution in [0.3, 0.4) is 0 Å². The molecule has 1 saturated heterocycles. The van der Waals surface area contributed by atoms with E-state index in [1.165, 1.54) is 29.2 Å². The van der Waals surface area contributed by atoms with Crippen molar-refractivity contribution >= 4 is 33.3 Å². The van der Waals surface area contributed by atoms with Crippen LogP contribution < -0.4 is 9.62 Å². The van der Waals surface area contributed by atoms with Gasteiger partial charge in [0, 0.05) is 24.3 Å². The number of hydrogen-bond donors (Lipinski definition) is 2. The van der Waals surface area contributed by atoms with E-state index in [2.05, 4.69) is 4.72 Å². The van der Waals surface area contributed by atoms with Crippen molar-refractivity contribution in [3.8, 4) is 0 Å². The van der Waals surface area contributed by atoms with Crippen molar-refractivity contribution in [3.05, 3.63) is 54.6 Å². The monoisotopic (exact) mass is 360 g/mol. The summed E-state index contributed by atoms with van der Waals surface area (Å²) in [5, 5.41) is 9.02. The maximum atomic E-state index is 12.4. The molecule has 0 radical (unpaired) electrons. The van der Waals surface area contributed by atoms with Crippen LogP contribution >= 0.6 is 0 Å². The van der Waals surface area contributed by atoms with E-state index < -0.39 is 21.9 Å². The summed E-state index contributed by atoms with van der Waals surface area (Å²) in [6, 6.07) is 14.3. The number of anilines is 2. The first kappa shape index (κ1) is 17.0. The molecule has 1 amide bonds. The summed E-state index contributed by atoms with van der Waals surface area (Å²) in [6.07, 6.45) is -0.0506. The number of amides is 1. The molecular formula is C17H16N2O5S. The molecule has 25 heavy (non-hydrogen) atoms. The van der Waals surface area contributed by atoms with E-state index in [1.807, 2.05) is 0 Å². The van der Waals surface area contributed by atoms with Crippen LogP contribution in [-0.2, 0) is 19.6 Å². The number of sulfonamides is 1. The fraction of sp³-hybridized carbons (Fsp3) is 0.176. The molecule has 0 aliphatic carbocycles. The highest BCUT2D eigenvalue weighted by Crippen LogP contribution is 2.26. The van der Waals surface area contributed by atoms with Crippen molar-refractivity contribution in [3.63, 3.8) is 0 Å². The molecule has 0 bridgehead atoms. The lowest BCUT2D eigenvalue weighted by Crippen LogP contribution is -2.25. The molecule has 0 spiro atoms. The van der Waals surface area contributed by atoms with Gasteiger partial charge in [-0.15, -0.1) is 0 Å². The molecule has 1 atom stereocenters. The summed E-state index contributed by atoms with van der Waals surface area (Å²) in [5.74, 6) is -2.04. The lowest BCUT2D eigenvalue weighted by molar-refractivity contribution is -0.141. The Morgan fingerprint density at radius 2 is 1.72 bits per heavy atom. The number of carboxylic acid groups (broad SMARTS) is 1. The van der Waals surface area contributed by atoms with Gasteiger partial charge in [0.25, 0.3) is 10.0 Å². The van der Waals surface area contributed by atoms with Gasteiger partial charge in [0.05, 0.1) is 10.8 Å². The van der Waals surface area contributed by atoms with Gasteiger partial charge in [0.2, 0.25) is 5.91 Å². The number of carbonyl (C=O) groups is 2. The van der Waals surface area contributed by atoms with Crippen LogP contribution in [0.25, 0.3) is 0 Å². The molecule has 2 N–H and O–H groups in total. The zero-order valence-electron chi connectivity index (χ0n) is 13.1. The maximum absolute atomic E-state index is 12.4. The number of nitrogens with one attached hydrogen (secondary N) is 1. The summed E-state index contributed by atoms with van der Waals surface area (Å²) in [5.41, 5.74) is 0.929. The number of para-hydroxylation sites is 1. The Balaban J connectivity index is 1.78. The Bertz CT molecular complexity index is 894. The highest BCUT2D eigenvalue weighted by molar-refractivity contribution is 7.92. The second-order valence-corrected chi connectivity index (χ2v) is 7.39. The minimum atomic E-state index is -3.74. The molecular weight excluding hydrogens is 344 g/mol. The molecule has 8 heteroatoms. The topological polar surface area (TPSA) is 104 Å². The highest BCUT2D eigenvalue weighted by Gasteiger charge is 2.35. The van der Waals surface area contributed by atoms with Gasteiger partial charge in [-0.05, 0) is 36.4 Å². The van der Waals surface area contributed by atoms with Crippen molar-refractivity contribution in [2.24, 2.45) is 5.92 Å². The van der Waals surface area contributed by atoms with E-state index in [9.17, 15) is 18.0 Å². The lowest BCUT2D eigenvalue weighted by atomic mass is 10.1. The Hall–Kier alpha value is -2.87. The van der Waals surface area contributed by atoms with Crippen LogP contribution in [0.4, 0.5) is 11.4 Å². The van der Waals surface area contributed by atoms with Gasteiger partial charge < -0.3 is 10.0 Å². The lowest BCUT2D eigenvalue weighted by Gasteiger charge is -2.16. The largest absolute Gasteiger partial charge is 0.481 e. The van der Waals surface area contributed by atoms with Crippen molar-refractivity contribution in [2.75, 3.05) is 16.2 Å². The first-order valence-corrected chi connectivity index (χ1v) is 9.06. The molecule has 0 unspecified atom stereocenters. The highest BCUT2D eigenvalue weighted by atomic mass is 32.2. The summed E-state index contributed by atoms with van der Waals surface area (Å²) >= 11 is 0. The fourth-order valence-electron chi connectivity index (χ4n) is 2.65. The molecule has 1 aliphatic rings. The molecule has 1 heterocycles. The Morgan fingerprint density at radius 3 is 2.28 bits per heavy atom. The summed E-state index contributed by atoms with van der Waals surface area (Å²) in [4.78, 5) is 24.4. The molecule has 1 aliphatic heterocycles. The van der Waals surface area contributed by atoms with Crippen LogP contribution in [0, 0.1) is 5.92 Å². The van der Waals surface area contributed by atoms with E-state index in [0.29, 0.717) is 11.4 Å². The Labute approximate surface area is 144 Å². The number of benzene rings is 2. The minimum Gasteiger partial charge on any atom is -0.481 e. The Kier molecular flexibility index (Phi) is 4.45. The first-order valence-electron chi connectivity index (χ1n) is 7.58. The molecule has 2 aromatic rings. The second kappa shape index (κ2) is 6.56. The zero-order valence-corrected chi connectivity index (χ0v) is 13.9. The summed E-state index contributed by atoms with van der Waals surface area (Å²) in [6.45, 7) is 0.0858. The van der Waals surface area contributed by atoms with Gasteiger partial charge in [-0.1, -0.05) is 18.2 Å². The number of rotatable bonds is 5. The Morgan fingerprint density at radius 1 is 1.08 bits per heavy atom. The van der Waals surface area contributed by atoms with Gasteiger partial charge in [0.15, 0.2) is 0 Å². The SMILES string of the molecule is O=C(O)[C@H]1CC(=O)N(c2ccc(S(=O)(=O)Nc3ccccc3)cc2)C1. The second-order valence-electron chi connectivity index (χ2n) is 5.71. The average Bonchev–Trinajstić information content (AvgIpc) is 2.98. The predicted octanol–water partition coefficient (Wildman–Crippen LogP) is 1.92. The van der Waals surface area contributed by atoms with Gasteiger partial charge >= 0.3 is 5.97 Å². The van der Waals surface area contributed by atoms with Crippen LogP contribution in [0.1, 0.15) is 6.42 Å². The average molecular weight is 360 g/mol. The first-order chi connectivity index (χ1) is 11.9. The van der Waals surface area contributed by atoms with Crippen LogP contribution in [0.15, 0.2) is 59.5 Å². The maximum Gasteiger partial charge on any atom is 0.308 e. The predicted molar refractivity (Wildman–Crippen MR) is 91.8 cm³/mol. The van der Waals surface area contributed by atoms with E-state index in [-0.39, 0.29) is 23.8 Å². The van der Waals surface area contributed by atoms with Crippen molar-refractivity contribution in [2.45, 2.75) is 11.3 Å². The van der Waals surface area contributed by atoms with E-state index in [4.69, 9.17) is 5.11 Å². The number of carbonyl (C=O) groups excluding carboxylic acids is 1. The van der Waals surface area contributed by atoms with Crippen LogP contribution in [0.5, 0.6) is 0 Å². The minimum absolute atomic E-state index is 0.0506. The van der Waals surface area contributed by atoms with Crippen molar-refractivity contribution in [1.29, 1.82) is 0 Å². The third kappa shape index (κ3) is 3.63. The van der Waals surface area contributed by atoms with E-state index in [1.54, 1.807) is 30.3 Å². The number of aliphatic carboxylic acids is 1. The molecule has 3 rings (SSSR count). The van der Waals surface area contributed by atoms with Crippen LogP contribution in [0.2, 0.25) is 0 Å². The third-order valence-corrected chi connectivity index (χ3v) is 5.36. The number of nitrogens with zero attached hydrogens (tertiary/aromatic N) is 1. The van der Waals surface area contributed by atoms with Crippen molar-refractivity contribution in [1.82, 2.24) is 0 Å². The van der Waals surface area contributed by atoms with Crippen LogP contribution in [-0.4, -0.2) is 31.9 Å². The normalized spacial score (nSPS) is 17.5. The molecule has 0 saturated carbocycles. The molecule has 130 valence electrons. The molecule has 2 aromatic carbocycles.